The smallest absolute Gasteiger partial charge is 0.188 e. The van der Waals surface area contributed by atoms with Crippen LogP contribution < -0.4 is 11.1 Å². The van der Waals surface area contributed by atoms with Crippen molar-refractivity contribution in [1.29, 1.82) is 0 Å². The number of hydrogen-bond acceptors (Lipinski definition) is 2. The average molecular weight is 215 g/mol. The van der Waals surface area contributed by atoms with Crippen LogP contribution in [0.3, 0.4) is 0 Å². The molecule has 0 aromatic rings. The van der Waals surface area contributed by atoms with Crippen LogP contribution >= 0.6 is 0 Å². The van der Waals surface area contributed by atoms with Gasteiger partial charge in [0.1, 0.15) is 0 Å². The lowest BCUT2D eigenvalue weighted by Crippen LogP contribution is -2.36. The highest BCUT2D eigenvalue weighted by Gasteiger charge is 1.95. The number of nitrogens with two attached hydrogens (primary N) is 1. The molecule has 4 heteroatoms. The molecule has 0 spiro atoms. The number of aliphatic imine (C=N–C) groups is 1. The van der Waals surface area contributed by atoms with Crippen LogP contribution in [0.4, 0.5) is 0 Å². The van der Waals surface area contributed by atoms with E-state index in [-0.39, 0.29) is 0 Å². The summed E-state index contributed by atoms with van der Waals surface area (Å²) >= 11 is 0. The summed E-state index contributed by atoms with van der Waals surface area (Å²) in [5.74, 6) is 1.12. The highest BCUT2D eigenvalue weighted by atomic mass is 16.5. The van der Waals surface area contributed by atoms with E-state index in [0.29, 0.717) is 17.9 Å². The quantitative estimate of drug-likeness (QED) is 0.383. The van der Waals surface area contributed by atoms with Gasteiger partial charge in [-0.1, -0.05) is 13.8 Å². The summed E-state index contributed by atoms with van der Waals surface area (Å²) in [7, 11) is 0. The highest BCUT2D eigenvalue weighted by molar-refractivity contribution is 5.77. The fraction of sp³-hybridized carbons (Fsp3) is 0.909. The van der Waals surface area contributed by atoms with Gasteiger partial charge in [0.2, 0.25) is 0 Å². The number of ether oxygens (including phenoxy) is 1. The van der Waals surface area contributed by atoms with Gasteiger partial charge < -0.3 is 15.8 Å². The molecule has 0 rings (SSSR count). The molecular formula is C11H25N3O. The molecule has 0 bridgehead atoms. The Hall–Kier alpha value is -0.770. The standard InChI is InChI=1S/C11H25N3O/c1-9(2)8-15-7-5-6-13-11(12)14-10(3)4/h9-10H,5-8H2,1-4H3,(H3,12,13,14). The van der Waals surface area contributed by atoms with E-state index in [1.807, 2.05) is 13.8 Å². The van der Waals surface area contributed by atoms with Gasteiger partial charge in [0.25, 0.3) is 0 Å². The highest BCUT2D eigenvalue weighted by Crippen LogP contribution is 1.93. The lowest BCUT2D eigenvalue weighted by atomic mass is 10.2. The summed E-state index contributed by atoms with van der Waals surface area (Å²) < 4.78 is 5.43. The van der Waals surface area contributed by atoms with Crippen molar-refractivity contribution in [3.63, 3.8) is 0 Å². The molecule has 0 fully saturated rings. The zero-order valence-corrected chi connectivity index (χ0v) is 10.4. The molecule has 0 aromatic heterocycles. The minimum absolute atomic E-state index is 0.339. The van der Waals surface area contributed by atoms with E-state index in [9.17, 15) is 0 Å². The Kier molecular flexibility index (Phi) is 8.09. The van der Waals surface area contributed by atoms with Crippen LogP contribution in [-0.2, 0) is 4.74 Å². The van der Waals surface area contributed by atoms with E-state index in [4.69, 9.17) is 10.5 Å². The minimum Gasteiger partial charge on any atom is -0.381 e. The third kappa shape index (κ3) is 11.2. The molecule has 0 aromatic carbocycles. The Morgan fingerprint density at radius 1 is 1.33 bits per heavy atom. The molecule has 0 aliphatic rings. The molecule has 0 saturated heterocycles. The van der Waals surface area contributed by atoms with E-state index in [2.05, 4.69) is 24.2 Å². The lowest BCUT2D eigenvalue weighted by Gasteiger charge is -2.08. The molecule has 0 radical (unpaired) electrons. The molecule has 0 saturated carbocycles. The lowest BCUT2D eigenvalue weighted by molar-refractivity contribution is 0.109. The van der Waals surface area contributed by atoms with Crippen LogP contribution in [0.2, 0.25) is 0 Å². The largest absolute Gasteiger partial charge is 0.381 e. The van der Waals surface area contributed by atoms with Gasteiger partial charge in [0.15, 0.2) is 5.96 Å². The first-order chi connectivity index (χ1) is 7.02. The van der Waals surface area contributed by atoms with Crippen molar-refractivity contribution in [2.75, 3.05) is 19.8 Å². The Morgan fingerprint density at radius 3 is 2.53 bits per heavy atom. The van der Waals surface area contributed by atoms with Gasteiger partial charge in [-0.05, 0) is 26.2 Å². The molecule has 0 atom stereocenters. The van der Waals surface area contributed by atoms with Gasteiger partial charge in [0, 0.05) is 25.8 Å². The second-order valence-corrected chi connectivity index (χ2v) is 4.39. The Bertz CT molecular complexity index is 179. The number of hydrogen-bond donors (Lipinski definition) is 2. The normalized spacial score (nSPS) is 12.5. The Balaban J connectivity index is 3.36. The number of guanidine groups is 1. The van der Waals surface area contributed by atoms with E-state index in [1.165, 1.54) is 0 Å². The van der Waals surface area contributed by atoms with Crippen LogP contribution in [0.1, 0.15) is 34.1 Å². The van der Waals surface area contributed by atoms with E-state index in [0.717, 1.165) is 26.2 Å². The summed E-state index contributed by atoms with van der Waals surface area (Å²) in [5.41, 5.74) is 5.64. The zero-order chi connectivity index (χ0) is 11.7. The third-order valence-electron chi connectivity index (χ3n) is 1.62. The Morgan fingerprint density at radius 2 is 2.00 bits per heavy atom. The van der Waals surface area contributed by atoms with Crippen molar-refractivity contribution in [2.45, 2.75) is 40.2 Å². The average Bonchev–Trinajstić information content (AvgIpc) is 2.09. The van der Waals surface area contributed by atoms with Crippen LogP contribution in [0, 0.1) is 5.92 Å². The zero-order valence-electron chi connectivity index (χ0n) is 10.4. The summed E-state index contributed by atoms with van der Waals surface area (Å²) in [6.07, 6.45) is 0.924. The molecule has 0 aliphatic heterocycles. The van der Waals surface area contributed by atoms with Gasteiger partial charge in [-0.3, -0.25) is 4.99 Å². The van der Waals surface area contributed by atoms with Crippen LogP contribution in [0.15, 0.2) is 4.99 Å². The molecule has 15 heavy (non-hydrogen) atoms. The predicted molar refractivity (Wildman–Crippen MR) is 65.0 cm³/mol. The van der Waals surface area contributed by atoms with Crippen LogP contribution in [0.5, 0.6) is 0 Å². The topological polar surface area (TPSA) is 59.6 Å². The SMILES string of the molecule is CC(C)COCCCN=C(N)NC(C)C. The summed E-state index contributed by atoms with van der Waals surface area (Å²) in [4.78, 5) is 4.18. The van der Waals surface area contributed by atoms with Crippen molar-refractivity contribution in [3.8, 4) is 0 Å². The third-order valence-corrected chi connectivity index (χ3v) is 1.62. The second-order valence-electron chi connectivity index (χ2n) is 4.39. The van der Waals surface area contributed by atoms with Gasteiger partial charge in [-0.2, -0.15) is 0 Å². The van der Waals surface area contributed by atoms with Crippen LogP contribution in [-0.4, -0.2) is 31.8 Å². The maximum absolute atomic E-state index is 5.64. The maximum Gasteiger partial charge on any atom is 0.188 e. The molecule has 4 nitrogen and oxygen atoms in total. The first kappa shape index (κ1) is 14.2. The van der Waals surface area contributed by atoms with Crippen LogP contribution in [0.25, 0.3) is 0 Å². The van der Waals surface area contributed by atoms with E-state index in [1.54, 1.807) is 0 Å². The molecule has 0 amide bonds. The van der Waals surface area contributed by atoms with Gasteiger partial charge >= 0.3 is 0 Å². The maximum atomic E-state index is 5.64. The van der Waals surface area contributed by atoms with Crippen molar-refractivity contribution < 1.29 is 4.74 Å². The fourth-order valence-corrected chi connectivity index (χ4v) is 1.03. The number of nitrogens with one attached hydrogen (secondary N) is 1. The number of rotatable bonds is 7. The van der Waals surface area contributed by atoms with Gasteiger partial charge in [-0.15, -0.1) is 0 Å². The van der Waals surface area contributed by atoms with Gasteiger partial charge in [0.05, 0.1) is 0 Å². The monoisotopic (exact) mass is 215 g/mol. The van der Waals surface area contributed by atoms with Crippen molar-refractivity contribution in [3.05, 3.63) is 0 Å². The summed E-state index contributed by atoms with van der Waals surface area (Å²) in [6, 6.07) is 0.339. The molecule has 0 heterocycles. The molecule has 0 unspecified atom stereocenters. The molecular weight excluding hydrogens is 190 g/mol. The Labute approximate surface area is 93.3 Å². The summed E-state index contributed by atoms with van der Waals surface area (Å²) in [6.45, 7) is 10.7. The van der Waals surface area contributed by atoms with Crippen molar-refractivity contribution in [2.24, 2.45) is 16.6 Å². The van der Waals surface area contributed by atoms with Crippen molar-refractivity contribution in [1.82, 2.24) is 5.32 Å². The number of nitrogens with zero attached hydrogens (tertiary/aromatic N) is 1. The molecule has 90 valence electrons. The first-order valence-corrected chi connectivity index (χ1v) is 5.66. The molecule has 0 aliphatic carbocycles. The summed E-state index contributed by atoms with van der Waals surface area (Å²) in [5, 5.41) is 3.04. The fourth-order valence-electron chi connectivity index (χ4n) is 1.03. The van der Waals surface area contributed by atoms with E-state index >= 15 is 0 Å². The minimum atomic E-state index is 0.339. The van der Waals surface area contributed by atoms with E-state index < -0.39 is 0 Å². The second kappa shape index (κ2) is 8.53. The predicted octanol–water partition coefficient (Wildman–Crippen LogP) is 1.36. The first-order valence-electron chi connectivity index (χ1n) is 5.66. The van der Waals surface area contributed by atoms with Gasteiger partial charge in [-0.25, -0.2) is 0 Å². The molecule has 3 N–H and O–H groups in total. The van der Waals surface area contributed by atoms with Crippen molar-refractivity contribution >= 4 is 5.96 Å².